The highest BCUT2D eigenvalue weighted by Crippen LogP contribution is 2.18. The molecule has 1 aliphatic rings. The maximum absolute atomic E-state index is 12.1. The van der Waals surface area contributed by atoms with Gasteiger partial charge in [0, 0.05) is 11.7 Å². The fraction of sp³-hybridized carbons (Fsp3) is 0.357. The van der Waals surface area contributed by atoms with Crippen molar-refractivity contribution in [1.29, 1.82) is 0 Å². The molecule has 1 heterocycles. The van der Waals surface area contributed by atoms with E-state index in [4.69, 9.17) is 5.11 Å². The first-order valence-electron chi connectivity index (χ1n) is 6.13. The second-order valence-electron chi connectivity index (χ2n) is 4.73. The van der Waals surface area contributed by atoms with E-state index in [0.717, 1.165) is 5.69 Å². The third kappa shape index (κ3) is 2.99. The van der Waals surface area contributed by atoms with Crippen LogP contribution in [0.4, 0.5) is 0 Å². The smallest absolute Gasteiger partial charge is 0.310 e. The topological polar surface area (TPSA) is 79.3 Å². The molecule has 0 bridgehead atoms. The summed E-state index contributed by atoms with van der Waals surface area (Å²) in [6, 6.07) is 3.29. The van der Waals surface area contributed by atoms with E-state index < -0.39 is 11.9 Å². The van der Waals surface area contributed by atoms with Gasteiger partial charge in [0.2, 0.25) is 0 Å². The Morgan fingerprint density at radius 3 is 2.63 bits per heavy atom. The van der Waals surface area contributed by atoms with E-state index in [1.165, 1.54) is 0 Å². The monoisotopic (exact) mass is 260 g/mol. The number of amides is 1. The van der Waals surface area contributed by atoms with Crippen molar-refractivity contribution < 1.29 is 14.7 Å². The standard InChI is InChI=1S/C14H16N2O3/c1-8-3-6-12(9(2)15-8)13(17)16-11-5-4-10(7-11)14(18)19/h3-6,10-11H,7H2,1-2H3,(H,16,17)(H,18,19). The van der Waals surface area contributed by atoms with E-state index in [9.17, 15) is 9.59 Å². The van der Waals surface area contributed by atoms with Crippen LogP contribution in [0.15, 0.2) is 24.3 Å². The van der Waals surface area contributed by atoms with Crippen molar-refractivity contribution in [2.45, 2.75) is 26.3 Å². The van der Waals surface area contributed by atoms with E-state index in [-0.39, 0.29) is 11.9 Å². The van der Waals surface area contributed by atoms with Gasteiger partial charge in [0.25, 0.3) is 5.91 Å². The first kappa shape index (κ1) is 13.3. The van der Waals surface area contributed by atoms with Gasteiger partial charge < -0.3 is 10.4 Å². The summed E-state index contributed by atoms with van der Waals surface area (Å²) in [6.45, 7) is 3.65. The number of nitrogens with one attached hydrogen (secondary N) is 1. The number of pyridine rings is 1. The van der Waals surface area contributed by atoms with Crippen molar-refractivity contribution in [3.05, 3.63) is 41.2 Å². The van der Waals surface area contributed by atoms with Gasteiger partial charge in [-0.1, -0.05) is 12.2 Å². The summed E-state index contributed by atoms with van der Waals surface area (Å²) in [4.78, 5) is 27.1. The summed E-state index contributed by atoms with van der Waals surface area (Å²) < 4.78 is 0. The molecule has 5 nitrogen and oxygen atoms in total. The Hall–Kier alpha value is -2.17. The molecule has 19 heavy (non-hydrogen) atoms. The molecule has 1 amide bonds. The average Bonchev–Trinajstić information content (AvgIpc) is 2.77. The summed E-state index contributed by atoms with van der Waals surface area (Å²) in [5.41, 5.74) is 2.06. The number of nitrogens with zero attached hydrogens (tertiary/aromatic N) is 1. The second kappa shape index (κ2) is 5.22. The van der Waals surface area contributed by atoms with Crippen LogP contribution in [0.3, 0.4) is 0 Å². The number of aliphatic carboxylic acids is 1. The van der Waals surface area contributed by atoms with Gasteiger partial charge in [0.05, 0.1) is 17.2 Å². The first-order chi connectivity index (χ1) is 8.97. The maximum Gasteiger partial charge on any atom is 0.310 e. The molecule has 0 aliphatic heterocycles. The Labute approximate surface area is 111 Å². The van der Waals surface area contributed by atoms with Crippen LogP contribution in [-0.2, 0) is 4.79 Å². The van der Waals surface area contributed by atoms with Crippen molar-refractivity contribution in [1.82, 2.24) is 10.3 Å². The Morgan fingerprint density at radius 2 is 2.05 bits per heavy atom. The predicted octanol–water partition coefficient (Wildman–Crippen LogP) is 1.46. The van der Waals surface area contributed by atoms with Crippen LogP contribution >= 0.6 is 0 Å². The molecule has 0 saturated carbocycles. The molecule has 1 aromatic heterocycles. The molecule has 2 atom stereocenters. The van der Waals surface area contributed by atoms with Crippen molar-refractivity contribution in [3.63, 3.8) is 0 Å². The first-order valence-corrected chi connectivity index (χ1v) is 6.13. The van der Waals surface area contributed by atoms with E-state index in [1.54, 1.807) is 31.2 Å². The Morgan fingerprint density at radius 1 is 1.32 bits per heavy atom. The third-order valence-electron chi connectivity index (χ3n) is 3.19. The number of carbonyl (C=O) groups excluding carboxylic acids is 1. The molecule has 0 radical (unpaired) electrons. The summed E-state index contributed by atoms with van der Waals surface area (Å²) in [7, 11) is 0. The van der Waals surface area contributed by atoms with Crippen molar-refractivity contribution in [2.75, 3.05) is 0 Å². The number of hydrogen-bond donors (Lipinski definition) is 2. The molecule has 0 fully saturated rings. The highest BCUT2D eigenvalue weighted by Gasteiger charge is 2.25. The van der Waals surface area contributed by atoms with Gasteiger partial charge in [-0.3, -0.25) is 14.6 Å². The Bertz CT molecular complexity index is 552. The Balaban J connectivity index is 2.03. The van der Waals surface area contributed by atoms with Gasteiger partial charge in [-0.05, 0) is 32.4 Å². The lowest BCUT2D eigenvalue weighted by Gasteiger charge is -2.13. The predicted molar refractivity (Wildman–Crippen MR) is 69.8 cm³/mol. The van der Waals surface area contributed by atoms with Gasteiger partial charge in [0.15, 0.2) is 0 Å². The summed E-state index contributed by atoms with van der Waals surface area (Å²) in [5, 5.41) is 11.7. The minimum atomic E-state index is -0.860. The number of aryl methyl sites for hydroxylation is 2. The van der Waals surface area contributed by atoms with Crippen LogP contribution in [0.5, 0.6) is 0 Å². The molecule has 1 aliphatic carbocycles. The zero-order valence-electron chi connectivity index (χ0n) is 10.9. The van der Waals surface area contributed by atoms with Gasteiger partial charge in [-0.25, -0.2) is 0 Å². The van der Waals surface area contributed by atoms with Gasteiger partial charge in [-0.2, -0.15) is 0 Å². The number of carboxylic acid groups (broad SMARTS) is 1. The van der Waals surface area contributed by atoms with Crippen molar-refractivity contribution >= 4 is 11.9 Å². The molecule has 2 rings (SSSR count). The molecule has 2 N–H and O–H groups in total. The fourth-order valence-corrected chi connectivity index (χ4v) is 2.16. The molecule has 1 aromatic rings. The number of hydrogen-bond acceptors (Lipinski definition) is 3. The number of aromatic nitrogens is 1. The molecule has 0 aromatic carbocycles. The van der Waals surface area contributed by atoms with E-state index in [2.05, 4.69) is 10.3 Å². The fourth-order valence-electron chi connectivity index (χ4n) is 2.16. The van der Waals surface area contributed by atoms with Gasteiger partial charge >= 0.3 is 5.97 Å². The molecule has 5 heteroatoms. The highest BCUT2D eigenvalue weighted by atomic mass is 16.4. The zero-order chi connectivity index (χ0) is 14.0. The summed E-state index contributed by atoms with van der Waals surface area (Å²) in [6.07, 6.45) is 3.75. The lowest BCUT2D eigenvalue weighted by Crippen LogP contribution is -2.33. The van der Waals surface area contributed by atoms with Gasteiger partial charge in [-0.15, -0.1) is 0 Å². The van der Waals surface area contributed by atoms with Crippen LogP contribution in [-0.4, -0.2) is 28.0 Å². The van der Waals surface area contributed by atoms with E-state index in [1.807, 2.05) is 6.92 Å². The molecule has 0 spiro atoms. The number of rotatable bonds is 3. The minimum absolute atomic E-state index is 0.217. The quantitative estimate of drug-likeness (QED) is 0.806. The lowest BCUT2D eigenvalue weighted by molar-refractivity contribution is -0.140. The van der Waals surface area contributed by atoms with Crippen LogP contribution in [0, 0.1) is 19.8 Å². The van der Waals surface area contributed by atoms with Crippen LogP contribution < -0.4 is 5.32 Å². The average molecular weight is 260 g/mol. The van der Waals surface area contributed by atoms with E-state index in [0.29, 0.717) is 17.7 Å². The molecule has 0 saturated heterocycles. The Kier molecular flexibility index (Phi) is 3.64. The van der Waals surface area contributed by atoms with Gasteiger partial charge in [0.1, 0.15) is 0 Å². The molecule has 100 valence electrons. The third-order valence-corrected chi connectivity index (χ3v) is 3.19. The molecular formula is C14H16N2O3. The summed E-state index contributed by atoms with van der Waals surface area (Å²) >= 11 is 0. The second-order valence-corrected chi connectivity index (χ2v) is 4.73. The van der Waals surface area contributed by atoms with Crippen LogP contribution in [0.1, 0.15) is 28.2 Å². The highest BCUT2D eigenvalue weighted by molar-refractivity contribution is 5.95. The normalized spacial score (nSPS) is 21.4. The largest absolute Gasteiger partial charge is 0.481 e. The SMILES string of the molecule is Cc1ccc(C(=O)NC2C=CC(C(=O)O)C2)c(C)n1. The van der Waals surface area contributed by atoms with Crippen molar-refractivity contribution in [2.24, 2.45) is 5.92 Å². The van der Waals surface area contributed by atoms with E-state index >= 15 is 0 Å². The van der Waals surface area contributed by atoms with Crippen LogP contribution in [0.25, 0.3) is 0 Å². The lowest BCUT2D eigenvalue weighted by atomic mass is 10.1. The molecular weight excluding hydrogens is 244 g/mol. The maximum atomic E-state index is 12.1. The summed E-state index contributed by atoms with van der Waals surface area (Å²) in [5.74, 6) is -1.59. The van der Waals surface area contributed by atoms with Crippen molar-refractivity contribution in [3.8, 4) is 0 Å². The number of carboxylic acids is 1. The number of carbonyl (C=O) groups is 2. The molecule has 2 unspecified atom stereocenters. The zero-order valence-corrected chi connectivity index (χ0v) is 10.9. The minimum Gasteiger partial charge on any atom is -0.481 e. The van der Waals surface area contributed by atoms with Crippen LogP contribution in [0.2, 0.25) is 0 Å².